The molecule has 0 aliphatic carbocycles. The van der Waals surface area contributed by atoms with E-state index in [0.717, 1.165) is 47.4 Å². The summed E-state index contributed by atoms with van der Waals surface area (Å²) in [7, 11) is 5.69. The van der Waals surface area contributed by atoms with Crippen molar-refractivity contribution in [2.75, 3.05) is 21.2 Å². The van der Waals surface area contributed by atoms with Gasteiger partial charge in [-0.05, 0) is 61.8 Å². The second-order valence-corrected chi connectivity index (χ2v) is 7.65. The summed E-state index contributed by atoms with van der Waals surface area (Å²) in [6.07, 6.45) is 3.24. The number of benzene rings is 2. The van der Waals surface area contributed by atoms with Crippen LogP contribution in [0.1, 0.15) is 16.8 Å². The fraction of sp³-hybridized carbons (Fsp3) is 0.250. The molecule has 0 saturated heterocycles. The summed E-state index contributed by atoms with van der Waals surface area (Å²) in [6.45, 7) is 0.909. The summed E-state index contributed by atoms with van der Waals surface area (Å²) in [5.41, 5.74) is 6.33. The number of pyridine rings is 1. The highest BCUT2D eigenvalue weighted by Crippen LogP contribution is 2.26. The van der Waals surface area contributed by atoms with Crippen LogP contribution in [0.4, 0.5) is 4.39 Å². The first-order chi connectivity index (χ1) is 14.5. The average Bonchev–Trinajstić information content (AvgIpc) is 3.23. The number of halogens is 1. The second kappa shape index (κ2) is 8.63. The van der Waals surface area contributed by atoms with Crippen LogP contribution >= 0.6 is 0 Å². The molecule has 2 heterocycles. The van der Waals surface area contributed by atoms with Crippen LogP contribution in [-0.4, -0.2) is 40.7 Å². The molecule has 0 spiro atoms. The van der Waals surface area contributed by atoms with Gasteiger partial charge in [-0.3, -0.25) is 4.40 Å². The SMILES string of the molecule is COc1cc(F)ccc1CCc1ccc(-c2ccc(CN(C)C)cc2)c2nncn12. The van der Waals surface area contributed by atoms with Crippen LogP contribution in [0.3, 0.4) is 0 Å². The molecule has 4 rings (SSSR count). The van der Waals surface area contributed by atoms with Crippen LogP contribution in [0.2, 0.25) is 0 Å². The normalized spacial score (nSPS) is 11.4. The Kier molecular flexibility index (Phi) is 5.77. The van der Waals surface area contributed by atoms with Crippen LogP contribution in [0.25, 0.3) is 16.8 Å². The molecule has 0 unspecified atom stereocenters. The molecular formula is C24H25FN4O. The van der Waals surface area contributed by atoms with Gasteiger partial charge in [0.05, 0.1) is 7.11 Å². The van der Waals surface area contributed by atoms with Crippen LogP contribution in [0.5, 0.6) is 5.75 Å². The van der Waals surface area contributed by atoms with E-state index in [2.05, 4.69) is 65.6 Å². The lowest BCUT2D eigenvalue weighted by Gasteiger charge is -2.12. The van der Waals surface area contributed by atoms with Crippen molar-refractivity contribution < 1.29 is 9.13 Å². The number of hydrogen-bond donors (Lipinski definition) is 0. The molecule has 0 atom stereocenters. The van der Waals surface area contributed by atoms with E-state index < -0.39 is 0 Å². The Balaban J connectivity index is 1.60. The third kappa shape index (κ3) is 4.19. The molecule has 2 aromatic heterocycles. The van der Waals surface area contributed by atoms with Crippen LogP contribution in [0.15, 0.2) is 60.9 Å². The number of nitrogens with zero attached hydrogens (tertiary/aromatic N) is 4. The van der Waals surface area contributed by atoms with Crippen molar-refractivity contribution in [1.29, 1.82) is 0 Å². The molecule has 0 amide bonds. The molecule has 30 heavy (non-hydrogen) atoms. The van der Waals surface area contributed by atoms with E-state index in [-0.39, 0.29) is 5.82 Å². The van der Waals surface area contributed by atoms with E-state index in [1.165, 1.54) is 17.7 Å². The Morgan fingerprint density at radius 1 is 1.00 bits per heavy atom. The van der Waals surface area contributed by atoms with Gasteiger partial charge < -0.3 is 9.64 Å². The molecule has 154 valence electrons. The zero-order valence-corrected chi connectivity index (χ0v) is 17.5. The summed E-state index contributed by atoms with van der Waals surface area (Å²) in [5, 5.41) is 8.49. The minimum atomic E-state index is -0.294. The number of ether oxygens (including phenoxy) is 1. The smallest absolute Gasteiger partial charge is 0.168 e. The number of hydrogen-bond acceptors (Lipinski definition) is 4. The topological polar surface area (TPSA) is 42.7 Å². The Hall–Kier alpha value is -3.25. The number of aromatic nitrogens is 3. The minimum absolute atomic E-state index is 0.294. The zero-order chi connectivity index (χ0) is 21.1. The molecule has 0 bridgehead atoms. The van der Waals surface area contributed by atoms with Crippen LogP contribution in [0, 0.1) is 5.82 Å². The predicted molar refractivity (Wildman–Crippen MR) is 116 cm³/mol. The van der Waals surface area contributed by atoms with E-state index in [1.54, 1.807) is 19.5 Å². The molecule has 5 nitrogen and oxygen atoms in total. The summed E-state index contributed by atoms with van der Waals surface area (Å²) >= 11 is 0. The summed E-state index contributed by atoms with van der Waals surface area (Å²) in [6, 6.07) is 17.4. The summed E-state index contributed by atoms with van der Waals surface area (Å²) < 4.78 is 20.8. The minimum Gasteiger partial charge on any atom is -0.496 e. The Morgan fingerprint density at radius 3 is 2.53 bits per heavy atom. The third-order valence-corrected chi connectivity index (χ3v) is 5.20. The van der Waals surface area contributed by atoms with Gasteiger partial charge in [0.25, 0.3) is 0 Å². The molecular weight excluding hydrogens is 379 g/mol. The zero-order valence-electron chi connectivity index (χ0n) is 17.5. The van der Waals surface area contributed by atoms with Gasteiger partial charge in [-0.25, -0.2) is 4.39 Å². The molecule has 0 saturated carbocycles. The maximum absolute atomic E-state index is 13.5. The lowest BCUT2D eigenvalue weighted by atomic mass is 10.0. The van der Waals surface area contributed by atoms with Gasteiger partial charge in [-0.1, -0.05) is 30.3 Å². The average molecular weight is 404 g/mol. The lowest BCUT2D eigenvalue weighted by Crippen LogP contribution is -2.10. The molecule has 0 N–H and O–H groups in total. The first-order valence-electron chi connectivity index (χ1n) is 9.93. The maximum Gasteiger partial charge on any atom is 0.168 e. The summed E-state index contributed by atoms with van der Waals surface area (Å²) in [4.78, 5) is 2.15. The number of rotatable bonds is 7. The van der Waals surface area contributed by atoms with Gasteiger partial charge in [-0.15, -0.1) is 10.2 Å². The van der Waals surface area contributed by atoms with Crippen molar-refractivity contribution in [2.24, 2.45) is 0 Å². The predicted octanol–water partition coefficient (Wildman–Crippen LogP) is 4.39. The van der Waals surface area contributed by atoms with E-state index in [4.69, 9.17) is 4.74 Å². The fourth-order valence-corrected chi connectivity index (χ4v) is 3.73. The molecule has 2 aromatic carbocycles. The van der Waals surface area contributed by atoms with Crippen molar-refractivity contribution in [2.45, 2.75) is 19.4 Å². The molecule has 4 aromatic rings. The van der Waals surface area contributed by atoms with Gasteiger partial charge in [0, 0.05) is 23.9 Å². The molecule has 0 radical (unpaired) electrons. The first kappa shape index (κ1) is 20.0. The fourth-order valence-electron chi connectivity index (χ4n) is 3.73. The van der Waals surface area contributed by atoms with Gasteiger partial charge in [-0.2, -0.15) is 0 Å². The van der Waals surface area contributed by atoms with E-state index in [1.807, 2.05) is 4.40 Å². The van der Waals surface area contributed by atoms with E-state index in [0.29, 0.717) is 5.75 Å². The van der Waals surface area contributed by atoms with Crippen molar-refractivity contribution in [3.63, 3.8) is 0 Å². The molecule has 0 fully saturated rings. The van der Waals surface area contributed by atoms with Crippen molar-refractivity contribution in [1.82, 2.24) is 19.5 Å². The van der Waals surface area contributed by atoms with Crippen molar-refractivity contribution >= 4 is 5.65 Å². The standard InChI is InChI=1S/C24H25FN4O/c1-28(2)15-17-4-6-18(7-5-17)22-13-12-21(29-16-26-27-24(22)29)11-9-19-8-10-20(25)14-23(19)30-3/h4-8,10,12-14,16H,9,11,15H2,1-3H3. The highest BCUT2D eigenvalue weighted by atomic mass is 19.1. The van der Waals surface area contributed by atoms with Gasteiger partial charge in [0.2, 0.25) is 0 Å². The molecule has 0 aliphatic rings. The highest BCUT2D eigenvalue weighted by molar-refractivity contribution is 5.77. The van der Waals surface area contributed by atoms with E-state index in [9.17, 15) is 4.39 Å². The lowest BCUT2D eigenvalue weighted by molar-refractivity contribution is 0.402. The van der Waals surface area contributed by atoms with E-state index >= 15 is 0 Å². The van der Waals surface area contributed by atoms with Gasteiger partial charge >= 0.3 is 0 Å². The van der Waals surface area contributed by atoms with Crippen molar-refractivity contribution in [3.8, 4) is 16.9 Å². The monoisotopic (exact) mass is 404 g/mol. The van der Waals surface area contributed by atoms with Crippen molar-refractivity contribution in [3.05, 3.63) is 83.6 Å². The number of fused-ring (bicyclic) bond motifs is 1. The van der Waals surface area contributed by atoms with Gasteiger partial charge in [0.1, 0.15) is 17.9 Å². The van der Waals surface area contributed by atoms with Crippen LogP contribution < -0.4 is 4.74 Å². The Morgan fingerprint density at radius 2 is 1.80 bits per heavy atom. The second-order valence-electron chi connectivity index (χ2n) is 7.65. The Labute approximate surface area is 175 Å². The summed E-state index contributed by atoms with van der Waals surface area (Å²) in [5.74, 6) is 0.280. The number of aryl methyl sites for hydroxylation is 2. The third-order valence-electron chi connectivity index (χ3n) is 5.20. The number of methoxy groups -OCH3 is 1. The van der Waals surface area contributed by atoms with Crippen LogP contribution in [-0.2, 0) is 19.4 Å². The maximum atomic E-state index is 13.5. The highest BCUT2D eigenvalue weighted by Gasteiger charge is 2.12. The largest absolute Gasteiger partial charge is 0.496 e. The molecule has 0 aliphatic heterocycles. The first-order valence-corrected chi connectivity index (χ1v) is 9.93. The van der Waals surface area contributed by atoms with Gasteiger partial charge in [0.15, 0.2) is 5.65 Å². The molecule has 6 heteroatoms. The quantitative estimate of drug-likeness (QED) is 0.458. The Bertz CT molecular complexity index is 1150.